The largest absolute Gasteiger partial charge is 0.309 e. The van der Waals surface area contributed by atoms with E-state index in [0.29, 0.717) is 6.04 Å². The lowest BCUT2D eigenvalue weighted by atomic mass is 9.83. The molecule has 0 aromatic carbocycles. The minimum atomic E-state index is 0.538. The van der Waals surface area contributed by atoms with Gasteiger partial charge in [-0.25, -0.2) is 0 Å². The van der Waals surface area contributed by atoms with Gasteiger partial charge in [0, 0.05) is 12.0 Å². The fraction of sp³-hybridized carbons (Fsp3) is 0.727. The molecule has 3 nitrogen and oxygen atoms in total. The highest BCUT2D eigenvalue weighted by molar-refractivity contribution is 5.18. The van der Waals surface area contributed by atoms with Gasteiger partial charge in [-0.1, -0.05) is 6.42 Å². The number of nitrogens with zero attached hydrogens (tertiary/aromatic N) is 1. The van der Waals surface area contributed by atoms with Crippen molar-refractivity contribution in [2.45, 2.75) is 44.1 Å². The van der Waals surface area contributed by atoms with Crippen LogP contribution in [-0.2, 0) is 0 Å². The monoisotopic (exact) mass is 191 g/mol. The molecule has 1 aromatic rings. The number of rotatable bonds is 2. The van der Waals surface area contributed by atoms with E-state index in [2.05, 4.69) is 21.6 Å². The molecule has 0 bridgehead atoms. The summed E-state index contributed by atoms with van der Waals surface area (Å²) < 4.78 is 0. The molecular weight excluding hydrogens is 174 g/mol. The third kappa shape index (κ3) is 1.36. The standard InChI is InChI=1S/C11H17N3/c1-3-8(4-1)10-7-11(14-13-10)9-5-2-6-12-9/h7-9,12H,1-6H2,(H,13,14). The van der Waals surface area contributed by atoms with E-state index in [-0.39, 0.29) is 0 Å². The van der Waals surface area contributed by atoms with Crippen LogP contribution in [0.15, 0.2) is 6.07 Å². The molecule has 1 aliphatic heterocycles. The Morgan fingerprint density at radius 1 is 1.21 bits per heavy atom. The van der Waals surface area contributed by atoms with Gasteiger partial charge in [0.2, 0.25) is 0 Å². The SMILES string of the molecule is c1c(C2CCC2)n[nH]c1C1CCCN1. The summed E-state index contributed by atoms with van der Waals surface area (Å²) in [5.74, 6) is 0.751. The molecule has 14 heavy (non-hydrogen) atoms. The van der Waals surface area contributed by atoms with Gasteiger partial charge in [-0.2, -0.15) is 5.10 Å². The van der Waals surface area contributed by atoms with E-state index in [9.17, 15) is 0 Å². The molecule has 0 amide bonds. The van der Waals surface area contributed by atoms with Gasteiger partial charge in [0.25, 0.3) is 0 Å². The molecule has 1 saturated heterocycles. The highest BCUT2D eigenvalue weighted by atomic mass is 15.1. The zero-order valence-corrected chi connectivity index (χ0v) is 8.42. The van der Waals surface area contributed by atoms with Crippen molar-refractivity contribution in [3.05, 3.63) is 17.5 Å². The van der Waals surface area contributed by atoms with E-state index >= 15 is 0 Å². The van der Waals surface area contributed by atoms with Crippen LogP contribution in [0.25, 0.3) is 0 Å². The van der Waals surface area contributed by atoms with E-state index < -0.39 is 0 Å². The molecular formula is C11H17N3. The Labute approximate surface area is 84.3 Å². The number of aromatic nitrogens is 2. The van der Waals surface area contributed by atoms with Crippen LogP contribution in [0, 0.1) is 0 Å². The van der Waals surface area contributed by atoms with E-state index in [0.717, 1.165) is 12.5 Å². The molecule has 1 atom stereocenters. The summed E-state index contributed by atoms with van der Waals surface area (Å²) >= 11 is 0. The van der Waals surface area contributed by atoms with E-state index in [1.165, 1.54) is 43.5 Å². The van der Waals surface area contributed by atoms with Crippen LogP contribution < -0.4 is 5.32 Å². The normalized spacial score (nSPS) is 27.9. The van der Waals surface area contributed by atoms with Gasteiger partial charge in [-0.3, -0.25) is 5.10 Å². The summed E-state index contributed by atoms with van der Waals surface area (Å²) in [6.07, 6.45) is 6.61. The van der Waals surface area contributed by atoms with E-state index in [1.807, 2.05) is 0 Å². The zero-order valence-electron chi connectivity index (χ0n) is 8.42. The van der Waals surface area contributed by atoms with Crippen molar-refractivity contribution in [1.82, 2.24) is 15.5 Å². The van der Waals surface area contributed by atoms with Gasteiger partial charge in [0.05, 0.1) is 11.4 Å². The van der Waals surface area contributed by atoms with Gasteiger partial charge in [-0.05, 0) is 38.3 Å². The van der Waals surface area contributed by atoms with Crippen LogP contribution in [0.4, 0.5) is 0 Å². The van der Waals surface area contributed by atoms with Crippen LogP contribution >= 0.6 is 0 Å². The molecule has 0 radical (unpaired) electrons. The maximum atomic E-state index is 4.42. The van der Waals surface area contributed by atoms with Crippen molar-refractivity contribution >= 4 is 0 Å². The Morgan fingerprint density at radius 3 is 2.79 bits per heavy atom. The Kier molecular flexibility index (Phi) is 2.05. The number of nitrogens with one attached hydrogen (secondary N) is 2. The third-order valence-electron chi connectivity index (χ3n) is 3.58. The Hall–Kier alpha value is -0.830. The molecule has 2 aliphatic rings. The quantitative estimate of drug-likeness (QED) is 0.751. The maximum absolute atomic E-state index is 4.42. The van der Waals surface area contributed by atoms with Gasteiger partial charge in [0.1, 0.15) is 0 Å². The van der Waals surface area contributed by atoms with Crippen molar-refractivity contribution in [3.8, 4) is 0 Å². The van der Waals surface area contributed by atoms with Crippen molar-refractivity contribution < 1.29 is 0 Å². The van der Waals surface area contributed by atoms with Crippen molar-refractivity contribution in [3.63, 3.8) is 0 Å². The van der Waals surface area contributed by atoms with Gasteiger partial charge in [-0.15, -0.1) is 0 Å². The van der Waals surface area contributed by atoms with Crippen LogP contribution in [0.1, 0.15) is 55.5 Å². The number of hydrogen-bond donors (Lipinski definition) is 2. The Balaban J connectivity index is 1.75. The van der Waals surface area contributed by atoms with E-state index in [4.69, 9.17) is 0 Å². The van der Waals surface area contributed by atoms with E-state index in [1.54, 1.807) is 0 Å². The summed E-state index contributed by atoms with van der Waals surface area (Å²) in [4.78, 5) is 0. The second kappa shape index (κ2) is 3.39. The minimum Gasteiger partial charge on any atom is -0.309 e. The van der Waals surface area contributed by atoms with Crippen molar-refractivity contribution in [2.75, 3.05) is 6.54 Å². The summed E-state index contributed by atoms with van der Waals surface area (Å²) in [7, 11) is 0. The zero-order chi connectivity index (χ0) is 9.38. The summed E-state index contributed by atoms with van der Waals surface area (Å²) in [6.45, 7) is 1.16. The summed E-state index contributed by atoms with van der Waals surface area (Å²) in [5, 5.41) is 11.1. The smallest absolute Gasteiger partial charge is 0.0656 e. The molecule has 2 N–H and O–H groups in total. The van der Waals surface area contributed by atoms with Gasteiger partial charge in [0.15, 0.2) is 0 Å². The molecule has 1 aliphatic carbocycles. The minimum absolute atomic E-state index is 0.538. The van der Waals surface area contributed by atoms with Crippen LogP contribution in [0.5, 0.6) is 0 Å². The summed E-state index contributed by atoms with van der Waals surface area (Å²) in [6, 6.07) is 2.81. The Morgan fingerprint density at radius 2 is 2.14 bits per heavy atom. The molecule has 0 spiro atoms. The summed E-state index contributed by atoms with van der Waals surface area (Å²) in [5.41, 5.74) is 2.59. The average Bonchev–Trinajstić information content (AvgIpc) is 2.65. The first-order chi connectivity index (χ1) is 6.93. The van der Waals surface area contributed by atoms with Crippen molar-refractivity contribution in [1.29, 1.82) is 0 Å². The van der Waals surface area contributed by atoms with Crippen LogP contribution in [0.3, 0.4) is 0 Å². The highest BCUT2D eigenvalue weighted by Crippen LogP contribution is 2.36. The molecule has 3 rings (SSSR count). The lowest BCUT2D eigenvalue weighted by Crippen LogP contribution is -2.13. The number of aromatic amines is 1. The molecule has 2 heterocycles. The van der Waals surface area contributed by atoms with Gasteiger partial charge < -0.3 is 5.32 Å². The number of H-pyrrole nitrogens is 1. The third-order valence-corrected chi connectivity index (χ3v) is 3.58. The highest BCUT2D eigenvalue weighted by Gasteiger charge is 2.24. The second-order valence-corrected chi connectivity index (χ2v) is 4.52. The van der Waals surface area contributed by atoms with Crippen LogP contribution in [0.2, 0.25) is 0 Å². The average molecular weight is 191 g/mol. The Bertz CT molecular complexity index is 308. The lowest BCUT2D eigenvalue weighted by Gasteiger charge is -2.22. The fourth-order valence-electron chi connectivity index (χ4n) is 2.39. The lowest BCUT2D eigenvalue weighted by molar-refractivity contribution is 0.410. The predicted octanol–water partition coefficient (Wildman–Crippen LogP) is 2.10. The first-order valence-corrected chi connectivity index (χ1v) is 5.72. The predicted molar refractivity (Wildman–Crippen MR) is 55.2 cm³/mol. The molecule has 1 saturated carbocycles. The fourth-order valence-corrected chi connectivity index (χ4v) is 2.39. The maximum Gasteiger partial charge on any atom is 0.0656 e. The van der Waals surface area contributed by atoms with Crippen molar-refractivity contribution in [2.24, 2.45) is 0 Å². The van der Waals surface area contributed by atoms with Gasteiger partial charge >= 0.3 is 0 Å². The topological polar surface area (TPSA) is 40.7 Å². The molecule has 2 fully saturated rings. The molecule has 76 valence electrons. The molecule has 1 aromatic heterocycles. The van der Waals surface area contributed by atoms with Crippen LogP contribution in [-0.4, -0.2) is 16.7 Å². The second-order valence-electron chi connectivity index (χ2n) is 4.52. The molecule has 3 heteroatoms. The number of hydrogen-bond acceptors (Lipinski definition) is 2. The first-order valence-electron chi connectivity index (χ1n) is 5.72. The molecule has 1 unspecified atom stereocenters. The first kappa shape index (κ1) is 8.48.